The fourth-order valence-corrected chi connectivity index (χ4v) is 6.17. The summed E-state index contributed by atoms with van der Waals surface area (Å²) >= 11 is 1.41. The summed E-state index contributed by atoms with van der Waals surface area (Å²) in [7, 11) is 1.59. The van der Waals surface area contributed by atoms with Crippen LogP contribution in [-0.4, -0.2) is 44.4 Å². The topological polar surface area (TPSA) is 126 Å². The van der Waals surface area contributed by atoms with Gasteiger partial charge in [-0.2, -0.15) is 0 Å². The van der Waals surface area contributed by atoms with Crippen molar-refractivity contribution in [3.63, 3.8) is 0 Å². The van der Waals surface area contributed by atoms with Gasteiger partial charge in [-0.1, -0.05) is 11.8 Å². The number of benzene rings is 1. The van der Waals surface area contributed by atoms with Gasteiger partial charge in [-0.25, -0.2) is 23.7 Å². The molecule has 2 aliphatic rings. The minimum atomic E-state index is -1.08. The lowest BCUT2D eigenvalue weighted by Gasteiger charge is -2.34. The molecule has 2 aromatic heterocycles. The molecule has 0 spiro atoms. The number of carbonyl (C=O) groups excluding carboxylic acids is 1. The van der Waals surface area contributed by atoms with Crippen LogP contribution in [0.1, 0.15) is 40.9 Å². The maximum absolute atomic E-state index is 15.1. The molecule has 188 valence electrons. The molecule has 1 fully saturated rings. The number of rotatable bonds is 9. The Morgan fingerprint density at radius 1 is 1.28 bits per heavy atom. The third-order valence-corrected chi connectivity index (χ3v) is 7.76. The number of hydrogen-bond acceptors (Lipinski definition) is 10. The first kappa shape index (κ1) is 24.3. The Balaban J connectivity index is 1.35. The number of fused-ring (bicyclic) bond motifs is 1. The Kier molecular flexibility index (Phi) is 6.25. The highest BCUT2D eigenvalue weighted by Crippen LogP contribution is 2.66. The lowest BCUT2D eigenvalue weighted by atomic mass is 9.84. The molecule has 1 aliphatic heterocycles. The largest absolute Gasteiger partial charge is 0.467 e. The van der Waals surface area contributed by atoms with E-state index in [1.165, 1.54) is 42.7 Å². The van der Waals surface area contributed by atoms with E-state index < -0.39 is 23.0 Å². The molecule has 3 atom stereocenters. The van der Waals surface area contributed by atoms with Crippen LogP contribution in [0.25, 0.3) is 0 Å². The number of ketones is 1. The van der Waals surface area contributed by atoms with Crippen LogP contribution in [0.5, 0.6) is 5.88 Å². The normalized spacial score (nSPS) is 24.7. The van der Waals surface area contributed by atoms with Crippen LogP contribution < -0.4 is 10.5 Å². The van der Waals surface area contributed by atoms with Crippen LogP contribution >= 0.6 is 11.8 Å². The highest BCUT2D eigenvalue weighted by molar-refractivity contribution is 8.15. The van der Waals surface area contributed by atoms with Crippen LogP contribution in [0.2, 0.25) is 0 Å². The highest BCUT2D eigenvalue weighted by atomic mass is 32.2. The third kappa shape index (κ3) is 4.46. The summed E-state index contributed by atoms with van der Waals surface area (Å²) in [6, 6.07) is 2.50. The number of aliphatic imine (C=N–C) groups is 1. The molecule has 0 bridgehead atoms. The van der Waals surface area contributed by atoms with E-state index in [9.17, 15) is 9.18 Å². The summed E-state index contributed by atoms with van der Waals surface area (Å²) < 4.78 is 45.3. The molecule has 0 amide bonds. The average Bonchev–Trinajstić information content (AvgIpc) is 3.32. The lowest BCUT2D eigenvalue weighted by molar-refractivity contribution is 0.0987. The van der Waals surface area contributed by atoms with Gasteiger partial charge in [-0.3, -0.25) is 9.79 Å². The van der Waals surface area contributed by atoms with Gasteiger partial charge in [0.1, 0.15) is 12.0 Å². The third-order valence-electron chi connectivity index (χ3n) is 6.48. The van der Waals surface area contributed by atoms with Crippen molar-refractivity contribution in [2.75, 3.05) is 13.7 Å². The molecule has 1 saturated carbocycles. The molecule has 0 unspecified atom stereocenters. The van der Waals surface area contributed by atoms with Crippen LogP contribution in [0, 0.1) is 17.6 Å². The number of hydrogen-bond donors (Lipinski definition) is 1. The molecule has 12 heteroatoms. The molecule has 36 heavy (non-hydrogen) atoms. The number of Topliss-reactive ketones (excluding diaryl/α,β-unsaturated/α-hetero) is 1. The van der Waals surface area contributed by atoms with E-state index in [1.54, 1.807) is 14.0 Å². The number of thioether (sulfide) groups is 1. The SMILES string of the molecule is COC[C@]12C[C@H]1[C@@](C)(c1cc(CC(=O)c3cnc(OCc4ncco4)cn3)cc(F)c1F)N=C(N)S2. The van der Waals surface area contributed by atoms with E-state index in [0.29, 0.717) is 29.6 Å². The average molecular weight is 516 g/mol. The fraction of sp³-hybridized carbons (Fsp3) is 0.375. The molecule has 3 aromatic rings. The molecule has 1 aromatic carbocycles. The number of carbonyl (C=O) groups is 1. The molecule has 2 N–H and O–H groups in total. The number of halogens is 2. The Morgan fingerprint density at radius 2 is 2.11 bits per heavy atom. The first-order valence-corrected chi connectivity index (χ1v) is 11.9. The number of aromatic nitrogens is 3. The zero-order valence-corrected chi connectivity index (χ0v) is 20.3. The van der Waals surface area contributed by atoms with Crippen molar-refractivity contribution >= 4 is 22.7 Å². The minimum Gasteiger partial charge on any atom is -0.467 e. The predicted molar refractivity (Wildman–Crippen MR) is 127 cm³/mol. The number of oxazole rings is 1. The predicted octanol–water partition coefficient (Wildman–Crippen LogP) is 3.43. The summed E-state index contributed by atoms with van der Waals surface area (Å²) in [5, 5.41) is 0.296. The van der Waals surface area contributed by atoms with Gasteiger partial charge in [-0.15, -0.1) is 0 Å². The Morgan fingerprint density at radius 3 is 2.81 bits per heavy atom. The van der Waals surface area contributed by atoms with Gasteiger partial charge in [0.15, 0.2) is 29.2 Å². The Labute approximate surface area is 209 Å². The summed E-state index contributed by atoms with van der Waals surface area (Å²) in [6.07, 6.45) is 5.98. The summed E-state index contributed by atoms with van der Waals surface area (Å²) in [5.74, 6) is -2.00. The lowest BCUT2D eigenvalue weighted by Crippen LogP contribution is -2.38. The molecular weight excluding hydrogens is 492 g/mol. The standard InChI is InChI=1S/C24H23F2N5O4S/c1-23(18-8-24(18,12-33-2)36-22(27)31-23)14-5-13(6-15(25)21(14)26)7-17(32)16-9-30-19(10-29-16)35-11-20-28-3-4-34-20/h3-6,9-10,18H,7-8,11-12H2,1-2H3,(H2,27,31)/t18-,23+,24+/m0/s1. The highest BCUT2D eigenvalue weighted by Gasteiger charge is 2.66. The van der Waals surface area contributed by atoms with Gasteiger partial charge in [0, 0.05) is 25.0 Å². The first-order chi connectivity index (χ1) is 17.2. The summed E-state index contributed by atoms with van der Waals surface area (Å²) in [6.45, 7) is 2.23. The van der Waals surface area contributed by atoms with Gasteiger partial charge >= 0.3 is 0 Å². The summed E-state index contributed by atoms with van der Waals surface area (Å²) in [4.78, 5) is 29.5. The van der Waals surface area contributed by atoms with Crippen LogP contribution in [0.15, 0.2) is 46.4 Å². The maximum Gasteiger partial charge on any atom is 0.232 e. The van der Waals surface area contributed by atoms with Crippen molar-refractivity contribution in [3.8, 4) is 5.88 Å². The quantitative estimate of drug-likeness (QED) is 0.427. The molecular formula is C24H23F2N5O4S. The van der Waals surface area contributed by atoms with E-state index >= 15 is 4.39 Å². The van der Waals surface area contributed by atoms with Gasteiger partial charge in [0.25, 0.3) is 0 Å². The van der Waals surface area contributed by atoms with Crippen LogP contribution in [0.4, 0.5) is 8.78 Å². The van der Waals surface area contributed by atoms with Gasteiger partial charge < -0.3 is 19.6 Å². The van der Waals surface area contributed by atoms with Gasteiger partial charge in [0.05, 0.1) is 35.5 Å². The smallest absolute Gasteiger partial charge is 0.232 e. The second-order valence-corrected chi connectivity index (χ2v) is 10.4. The number of amidine groups is 1. The van der Waals surface area contributed by atoms with E-state index in [0.717, 1.165) is 6.07 Å². The van der Waals surface area contributed by atoms with Crippen molar-refractivity contribution in [1.29, 1.82) is 0 Å². The molecule has 0 saturated heterocycles. The second kappa shape index (κ2) is 9.25. The molecule has 9 nitrogen and oxygen atoms in total. The number of nitrogens with zero attached hydrogens (tertiary/aromatic N) is 4. The fourth-order valence-electron chi connectivity index (χ4n) is 4.72. The summed E-state index contributed by atoms with van der Waals surface area (Å²) in [5.41, 5.74) is 5.42. The zero-order chi connectivity index (χ0) is 25.5. The van der Waals surface area contributed by atoms with Crippen molar-refractivity contribution in [1.82, 2.24) is 15.0 Å². The van der Waals surface area contributed by atoms with E-state index in [-0.39, 0.29) is 40.8 Å². The molecule has 3 heterocycles. The number of methoxy groups -OCH3 is 1. The van der Waals surface area contributed by atoms with E-state index in [2.05, 4.69) is 19.9 Å². The van der Waals surface area contributed by atoms with E-state index in [4.69, 9.17) is 19.6 Å². The Bertz CT molecular complexity index is 1320. The number of ether oxygens (including phenoxy) is 2. The number of nitrogens with two attached hydrogens (primary N) is 1. The maximum atomic E-state index is 15.1. The van der Waals surface area contributed by atoms with Crippen molar-refractivity contribution < 1.29 is 27.5 Å². The van der Waals surface area contributed by atoms with Crippen molar-refractivity contribution in [2.24, 2.45) is 16.6 Å². The molecule has 5 rings (SSSR count). The van der Waals surface area contributed by atoms with Gasteiger partial charge in [0.2, 0.25) is 11.8 Å². The second-order valence-electron chi connectivity index (χ2n) is 8.95. The van der Waals surface area contributed by atoms with Gasteiger partial charge in [-0.05, 0) is 31.0 Å². The minimum absolute atomic E-state index is 0.0591. The van der Waals surface area contributed by atoms with Crippen LogP contribution in [0.3, 0.4) is 0 Å². The monoisotopic (exact) mass is 515 g/mol. The van der Waals surface area contributed by atoms with Crippen molar-refractivity contribution in [3.05, 3.63) is 71.3 Å². The van der Waals surface area contributed by atoms with E-state index in [1.807, 2.05) is 0 Å². The molecule has 0 radical (unpaired) electrons. The van der Waals surface area contributed by atoms with Crippen LogP contribution in [-0.2, 0) is 23.3 Å². The zero-order valence-electron chi connectivity index (χ0n) is 19.5. The first-order valence-electron chi connectivity index (χ1n) is 11.1. The Hall–Kier alpha value is -3.38. The van der Waals surface area contributed by atoms with Crippen molar-refractivity contribution in [2.45, 2.75) is 36.7 Å². The molecule has 1 aliphatic carbocycles.